The van der Waals surface area contributed by atoms with Crippen LogP contribution in [0.1, 0.15) is 23.2 Å². The summed E-state index contributed by atoms with van der Waals surface area (Å²) < 4.78 is 39.2. The second-order valence-corrected chi connectivity index (χ2v) is 9.22. The maximum absolute atomic E-state index is 15.0. The van der Waals surface area contributed by atoms with Crippen molar-refractivity contribution in [2.75, 3.05) is 23.8 Å². The van der Waals surface area contributed by atoms with Gasteiger partial charge in [0, 0.05) is 29.4 Å². The average molecular weight is 564 g/mol. The fourth-order valence-corrected chi connectivity index (χ4v) is 4.09. The zero-order valence-corrected chi connectivity index (χ0v) is 21.3. The Bertz CT molecular complexity index is 1660. The number of nitrogens with one attached hydrogen (secondary N) is 2. The minimum Gasteiger partial charge on any atom is -0.490 e. The van der Waals surface area contributed by atoms with Gasteiger partial charge in [-0.05, 0) is 49.2 Å². The molecule has 0 unspecified atom stereocenters. The second kappa shape index (κ2) is 11.1. The predicted molar refractivity (Wildman–Crippen MR) is 142 cm³/mol. The van der Waals surface area contributed by atoms with Crippen LogP contribution in [0.4, 0.5) is 20.2 Å². The number of carbonyl (C=O) groups is 3. The lowest BCUT2D eigenvalue weighted by Crippen LogP contribution is -2.35. The molecule has 0 aliphatic heterocycles. The normalized spacial score (nSPS) is 13.3. The number of aromatic nitrogens is 2. The lowest BCUT2D eigenvalue weighted by molar-refractivity contribution is -0.131. The first-order valence-corrected chi connectivity index (χ1v) is 12.4. The number of nitrogens with two attached hydrogens (primary N) is 1. The molecule has 0 bridgehead atoms. The molecule has 41 heavy (non-hydrogen) atoms. The van der Waals surface area contributed by atoms with E-state index in [4.69, 9.17) is 20.3 Å². The smallest absolute Gasteiger partial charge is 0.256 e. The van der Waals surface area contributed by atoms with Gasteiger partial charge in [0.05, 0.1) is 29.6 Å². The molecular formula is C28H23F2N5O6. The van der Waals surface area contributed by atoms with Crippen LogP contribution in [0.15, 0.2) is 60.9 Å². The van der Waals surface area contributed by atoms with Crippen LogP contribution in [0.3, 0.4) is 0 Å². The number of carbonyl (C=O) groups excluding carboxylic acids is 3. The van der Waals surface area contributed by atoms with E-state index in [-0.39, 0.29) is 48.8 Å². The summed E-state index contributed by atoms with van der Waals surface area (Å²) in [5.74, 6) is -3.55. The number of amides is 3. The number of rotatable bonds is 10. The number of halogens is 2. The minimum absolute atomic E-state index is 0.00184. The van der Waals surface area contributed by atoms with Gasteiger partial charge in [-0.3, -0.25) is 19.4 Å². The predicted octanol–water partition coefficient (Wildman–Crippen LogP) is 3.53. The summed E-state index contributed by atoms with van der Waals surface area (Å²) in [6.07, 6.45) is 3.15. The number of ether oxygens (including phenoxy) is 2. The van der Waals surface area contributed by atoms with E-state index in [1.54, 1.807) is 0 Å². The van der Waals surface area contributed by atoms with Crippen LogP contribution in [0.2, 0.25) is 0 Å². The van der Waals surface area contributed by atoms with Gasteiger partial charge in [0.1, 0.15) is 29.3 Å². The number of aliphatic hydroxyl groups is 1. The van der Waals surface area contributed by atoms with Gasteiger partial charge in [0.25, 0.3) is 11.8 Å². The van der Waals surface area contributed by atoms with Crippen molar-refractivity contribution in [3.8, 4) is 17.4 Å². The Morgan fingerprint density at radius 2 is 1.66 bits per heavy atom. The summed E-state index contributed by atoms with van der Waals surface area (Å²) >= 11 is 0. The molecule has 13 heteroatoms. The van der Waals surface area contributed by atoms with Gasteiger partial charge in [0.15, 0.2) is 5.82 Å². The highest BCUT2D eigenvalue weighted by atomic mass is 19.1. The molecule has 1 saturated carbocycles. The van der Waals surface area contributed by atoms with Gasteiger partial charge >= 0.3 is 0 Å². The van der Waals surface area contributed by atoms with Crippen molar-refractivity contribution in [2.45, 2.75) is 12.8 Å². The zero-order chi connectivity index (χ0) is 29.1. The Morgan fingerprint density at radius 3 is 2.29 bits per heavy atom. The van der Waals surface area contributed by atoms with Gasteiger partial charge < -0.3 is 30.9 Å². The molecule has 2 aromatic carbocycles. The van der Waals surface area contributed by atoms with Gasteiger partial charge in [0.2, 0.25) is 11.8 Å². The summed E-state index contributed by atoms with van der Waals surface area (Å²) in [7, 11) is 0. The summed E-state index contributed by atoms with van der Waals surface area (Å²) in [6.45, 7) is -0.349. The van der Waals surface area contributed by atoms with E-state index >= 15 is 4.39 Å². The maximum atomic E-state index is 15.0. The topological polar surface area (TPSA) is 166 Å². The van der Waals surface area contributed by atoms with Crippen molar-refractivity contribution in [1.29, 1.82) is 0 Å². The Labute approximate surface area is 231 Å². The third-order valence-corrected chi connectivity index (χ3v) is 6.41. The van der Waals surface area contributed by atoms with E-state index < -0.39 is 40.7 Å². The number of hydrogen-bond acceptors (Lipinski definition) is 8. The van der Waals surface area contributed by atoms with E-state index in [1.807, 2.05) is 0 Å². The first-order valence-electron chi connectivity index (χ1n) is 12.4. The summed E-state index contributed by atoms with van der Waals surface area (Å²) in [4.78, 5) is 45.8. The van der Waals surface area contributed by atoms with E-state index in [0.717, 1.165) is 6.07 Å². The van der Waals surface area contributed by atoms with Crippen molar-refractivity contribution >= 4 is 40.0 Å². The number of benzene rings is 2. The third-order valence-electron chi connectivity index (χ3n) is 6.41. The molecule has 0 saturated heterocycles. The zero-order valence-electron chi connectivity index (χ0n) is 21.3. The molecule has 2 aromatic heterocycles. The number of fused-ring (bicyclic) bond motifs is 1. The van der Waals surface area contributed by atoms with Crippen LogP contribution in [-0.4, -0.2) is 46.0 Å². The Balaban J connectivity index is 1.32. The minimum atomic E-state index is -1.34. The molecule has 11 nitrogen and oxygen atoms in total. The molecule has 5 rings (SSSR count). The number of primary amides is 1. The van der Waals surface area contributed by atoms with Gasteiger partial charge in [-0.2, -0.15) is 0 Å². The summed E-state index contributed by atoms with van der Waals surface area (Å²) in [5.41, 5.74) is 4.82. The average Bonchev–Trinajstić information content (AvgIpc) is 3.77. The SMILES string of the molecule is NC(=O)c1cc2c(Oc3ncc(NC(=O)C4(C(=O)Nc5ccc(F)cc5)CC4)cc3F)ccnc2cc1OCCO. The van der Waals surface area contributed by atoms with Gasteiger partial charge in [-0.15, -0.1) is 0 Å². The Morgan fingerprint density at radius 1 is 0.951 bits per heavy atom. The maximum Gasteiger partial charge on any atom is 0.256 e. The van der Waals surface area contributed by atoms with Gasteiger partial charge in [-0.25, -0.2) is 13.8 Å². The lowest BCUT2D eigenvalue weighted by atomic mass is 10.0. The van der Waals surface area contributed by atoms with Crippen LogP contribution in [0, 0.1) is 17.0 Å². The molecule has 0 atom stereocenters. The van der Waals surface area contributed by atoms with E-state index in [9.17, 15) is 18.8 Å². The first-order chi connectivity index (χ1) is 19.7. The van der Waals surface area contributed by atoms with Crippen molar-refractivity contribution in [2.24, 2.45) is 11.1 Å². The molecule has 0 radical (unpaired) electrons. The molecule has 1 aliphatic carbocycles. The monoisotopic (exact) mass is 563 g/mol. The summed E-state index contributed by atoms with van der Waals surface area (Å²) in [5, 5.41) is 14.5. The lowest BCUT2D eigenvalue weighted by Gasteiger charge is -2.16. The van der Waals surface area contributed by atoms with Crippen LogP contribution < -0.4 is 25.8 Å². The van der Waals surface area contributed by atoms with Crippen LogP contribution >= 0.6 is 0 Å². The number of pyridine rings is 2. The van der Waals surface area contributed by atoms with E-state index in [2.05, 4.69) is 20.6 Å². The molecule has 3 amide bonds. The molecule has 2 heterocycles. The molecule has 4 aromatic rings. The number of hydrogen-bond donors (Lipinski definition) is 4. The second-order valence-electron chi connectivity index (χ2n) is 9.22. The summed E-state index contributed by atoms with van der Waals surface area (Å²) in [6, 6.07) is 10.4. The quantitative estimate of drug-likeness (QED) is 0.213. The van der Waals surface area contributed by atoms with Crippen molar-refractivity contribution in [3.05, 3.63) is 78.1 Å². The van der Waals surface area contributed by atoms with Gasteiger partial charge in [-0.1, -0.05) is 0 Å². The highest BCUT2D eigenvalue weighted by Crippen LogP contribution is 2.47. The van der Waals surface area contributed by atoms with Crippen LogP contribution in [0.5, 0.6) is 17.4 Å². The number of aliphatic hydroxyl groups excluding tert-OH is 1. The largest absolute Gasteiger partial charge is 0.490 e. The fraction of sp³-hybridized carbons (Fsp3) is 0.179. The van der Waals surface area contributed by atoms with Crippen LogP contribution in [0.25, 0.3) is 10.9 Å². The molecule has 0 spiro atoms. The van der Waals surface area contributed by atoms with E-state index in [1.165, 1.54) is 54.9 Å². The van der Waals surface area contributed by atoms with E-state index in [0.29, 0.717) is 16.6 Å². The molecule has 1 fully saturated rings. The standard InChI is InChI=1S/C28H23F2N5O6/c29-15-1-3-16(4-2-15)34-26(38)28(6-7-28)27(39)35-17-11-20(30)25(33-14-17)41-22-5-8-32-21-13-23(40-10-9-36)19(24(31)37)12-18(21)22/h1-5,8,11-14,36H,6-7,9-10H2,(H2,31,37)(H,34,38)(H,35,39). The van der Waals surface area contributed by atoms with Crippen LogP contribution in [-0.2, 0) is 9.59 Å². The third kappa shape index (κ3) is 5.75. The highest BCUT2D eigenvalue weighted by molar-refractivity contribution is 6.16. The number of anilines is 2. The van der Waals surface area contributed by atoms with Crippen molar-refractivity contribution < 1.29 is 37.7 Å². The Kier molecular flexibility index (Phi) is 7.44. The molecule has 5 N–H and O–H groups in total. The molecule has 1 aliphatic rings. The highest BCUT2D eigenvalue weighted by Gasteiger charge is 2.56. The fourth-order valence-electron chi connectivity index (χ4n) is 4.09. The Hall–Kier alpha value is -5.17. The first kappa shape index (κ1) is 27.4. The molecule has 210 valence electrons. The van der Waals surface area contributed by atoms with Crippen molar-refractivity contribution in [1.82, 2.24) is 9.97 Å². The molecular weight excluding hydrogens is 540 g/mol. The van der Waals surface area contributed by atoms with Crippen molar-refractivity contribution in [3.63, 3.8) is 0 Å². The number of nitrogens with zero attached hydrogens (tertiary/aromatic N) is 2.